The predicted molar refractivity (Wildman–Crippen MR) is 149 cm³/mol. The van der Waals surface area contributed by atoms with Gasteiger partial charge in [0.05, 0.1) is 30.8 Å². The maximum Gasteiger partial charge on any atom is 0.229 e. The largest absolute Gasteiger partial charge is 0.495 e. The van der Waals surface area contributed by atoms with E-state index in [4.69, 9.17) is 21.4 Å². The lowest BCUT2D eigenvalue weighted by atomic mass is 10.0. The second-order valence-electron chi connectivity index (χ2n) is 8.33. The van der Waals surface area contributed by atoms with Crippen molar-refractivity contribution in [3.05, 3.63) is 96.5 Å². The van der Waals surface area contributed by atoms with Crippen LogP contribution in [0.15, 0.2) is 99.5 Å². The van der Waals surface area contributed by atoms with Gasteiger partial charge in [0.2, 0.25) is 10.0 Å². The Balaban J connectivity index is 1.57. The molecule has 2 unspecified atom stereocenters. The van der Waals surface area contributed by atoms with E-state index in [1.54, 1.807) is 18.3 Å². The van der Waals surface area contributed by atoms with Crippen molar-refractivity contribution in [3.8, 4) is 5.75 Å². The highest BCUT2D eigenvalue weighted by molar-refractivity contribution is 7.99. The number of hydrogen-bond acceptors (Lipinski definition) is 7. The van der Waals surface area contributed by atoms with Gasteiger partial charge in [0.1, 0.15) is 17.6 Å². The zero-order valence-electron chi connectivity index (χ0n) is 20.0. The number of pyridine rings is 1. The Hall–Kier alpha value is -3.54. The smallest absolute Gasteiger partial charge is 0.229 e. The molecule has 5 rings (SSSR count). The van der Waals surface area contributed by atoms with E-state index < -0.39 is 10.0 Å². The van der Waals surface area contributed by atoms with E-state index in [1.165, 1.54) is 18.9 Å². The molecule has 1 saturated heterocycles. The lowest BCUT2D eigenvalue weighted by Crippen LogP contribution is -2.29. The number of aromatic nitrogens is 1. The molecule has 2 aromatic heterocycles. The first-order valence-electron chi connectivity index (χ1n) is 11.3. The van der Waals surface area contributed by atoms with E-state index in [0.717, 1.165) is 21.9 Å². The quantitative estimate of drug-likeness (QED) is 0.279. The Morgan fingerprint density at radius 2 is 1.86 bits per heavy atom. The molecular weight excluding hydrogens is 529 g/mol. The summed E-state index contributed by atoms with van der Waals surface area (Å²) in [6.45, 7) is 0. The standard InChI is InChI=1S/C26H24N4O4S3/c1-33-21-12-11-17(16-20(21)29-37(2,31)32)30-25(24(28-26(30)35)19-10-6-7-15-27-19)22-13-14-23(34-22)36-18-8-4-3-5-9-18/h3-16,24-25,29H,1-2H3,(H,28,35). The monoisotopic (exact) mass is 552 g/mol. The molecule has 0 radical (unpaired) electrons. The molecule has 0 aliphatic carbocycles. The first-order chi connectivity index (χ1) is 17.8. The van der Waals surface area contributed by atoms with Crippen molar-refractivity contribution in [1.29, 1.82) is 0 Å². The van der Waals surface area contributed by atoms with Crippen molar-refractivity contribution < 1.29 is 17.6 Å². The van der Waals surface area contributed by atoms with Crippen molar-refractivity contribution >= 4 is 50.5 Å². The molecule has 1 aliphatic heterocycles. The number of anilines is 2. The molecule has 190 valence electrons. The molecule has 8 nitrogen and oxygen atoms in total. The van der Waals surface area contributed by atoms with Gasteiger partial charge in [-0.3, -0.25) is 9.71 Å². The summed E-state index contributed by atoms with van der Waals surface area (Å²) in [4.78, 5) is 7.54. The number of nitrogens with zero attached hydrogens (tertiary/aromatic N) is 2. The normalized spacial score (nSPS) is 17.5. The fourth-order valence-electron chi connectivity index (χ4n) is 4.20. The van der Waals surface area contributed by atoms with Crippen molar-refractivity contribution in [1.82, 2.24) is 10.3 Å². The Kier molecular flexibility index (Phi) is 7.09. The molecule has 2 N–H and O–H groups in total. The third kappa shape index (κ3) is 5.58. The van der Waals surface area contributed by atoms with Crippen LogP contribution in [0.5, 0.6) is 5.75 Å². The van der Waals surface area contributed by atoms with Crippen LogP contribution in [0.2, 0.25) is 0 Å². The third-order valence-electron chi connectivity index (χ3n) is 5.71. The Bertz CT molecular complexity index is 1510. The molecule has 4 aromatic rings. The van der Waals surface area contributed by atoms with Crippen LogP contribution in [0, 0.1) is 0 Å². The number of methoxy groups -OCH3 is 1. The number of rotatable bonds is 8. The number of hydrogen-bond donors (Lipinski definition) is 2. The summed E-state index contributed by atoms with van der Waals surface area (Å²) in [5.74, 6) is 1.08. The van der Waals surface area contributed by atoms with E-state index in [0.29, 0.717) is 28.0 Å². The summed E-state index contributed by atoms with van der Waals surface area (Å²) in [7, 11) is -2.05. The van der Waals surface area contributed by atoms with Crippen LogP contribution >= 0.6 is 24.0 Å². The van der Waals surface area contributed by atoms with Gasteiger partial charge in [0.15, 0.2) is 10.2 Å². The molecule has 0 bridgehead atoms. The SMILES string of the molecule is COc1ccc(N2C(=S)NC(c3ccccn3)C2c2ccc(Sc3ccccc3)o2)cc1NS(C)(=O)=O. The lowest BCUT2D eigenvalue weighted by Gasteiger charge is -2.27. The first kappa shape index (κ1) is 25.1. The van der Waals surface area contributed by atoms with Crippen LogP contribution in [-0.4, -0.2) is 31.9 Å². The summed E-state index contributed by atoms with van der Waals surface area (Å²) in [6.07, 6.45) is 2.83. The fraction of sp³-hybridized carbons (Fsp3) is 0.154. The highest BCUT2D eigenvalue weighted by atomic mass is 32.2. The van der Waals surface area contributed by atoms with Crippen molar-refractivity contribution in [2.75, 3.05) is 23.0 Å². The summed E-state index contributed by atoms with van der Waals surface area (Å²) in [6, 6.07) is 24.1. The van der Waals surface area contributed by atoms with E-state index >= 15 is 0 Å². The highest BCUT2D eigenvalue weighted by Gasteiger charge is 2.42. The number of thiocarbonyl (C=S) groups is 1. The van der Waals surface area contributed by atoms with Gasteiger partial charge in [-0.15, -0.1) is 0 Å². The van der Waals surface area contributed by atoms with E-state index in [1.807, 2.05) is 71.6 Å². The van der Waals surface area contributed by atoms with Gasteiger partial charge < -0.3 is 19.4 Å². The minimum Gasteiger partial charge on any atom is -0.495 e. The van der Waals surface area contributed by atoms with Gasteiger partial charge in [0.25, 0.3) is 0 Å². The van der Waals surface area contributed by atoms with Gasteiger partial charge in [-0.05, 0) is 66.8 Å². The van der Waals surface area contributed by atoms with Gasteiger partial charge in [-0.1, -0.05) is 36.0 Å². The first-order valence-corrected chi connectivity index (χ1v) is 14.4. The molecule has 0 amide bonds. The van der Waals surface area contributed by atoms with Crippen LogP contribution < -0.4 is 19.7 Å². The summed E-state index contributed by atoms with van der Waals surface area (Å²) in [5.41, 5.74) is 1.78. The molecule has 37 heavy (non-hydrogen) atoms. The zero-order chi connectivity index (χ0) is 26.0. The zero-order valence-corrected chi connectivity index (χ0v) is 22.4. The van der Waals surface area contributed by atoms with Crippen molar-refractivity contribution in [3.63, 3.8) is 0 Å². The van der Waals surface area contributed by atoms with Gasteiger partial charge in [-0.25, -0.2) is 8.42 Å². The number of sulfonamides is 1. The maximum absolute atomic E-state index is 12.0. The molecule has 2 aromatic carbocycles. The van der Waals surface area contributed by atoms with Gasteiger partial charge in [-0.2, -0.15) is 0 Å². The Labute approximate surface area is 225 Å². The van der Waals surface area contributed by atoms with Crippen LogP contribution in [0.1, 0.15) is 23.5 Å². The second-order valence-corrected chi connectivity index (χ2v) is 11.5. The minimum absolute atomic E-state index is 0.303. The van der Waals surface area contributed by atoms with Crippen LogP contribution in [0.25, 0.3) is 0 Å². The molecule has 2 atom stereocenters. The average molecular weight is 553 g/mol. The second kappa shape index (κ2) is 10.4. The number of ether oxygens (including phenoxy) is 1. The molecule has 0 saturated carbocycles. The van der Waals surface area contributed by atoms with Crippen LogP contribution in [0.3, 0.4) is 0 Å². The predicted octanol–water partition coefficient (Wildman–Crippen LogP) is 5.38. The molecule has 1 aliphatic rings. The maximum atomic E-state index is 12.0. The van der Waals surface area contributed by atoms with E-state index in [2.05, 4.69) is 15.0 Å². The highest BCUT2D eigenvalue weighted by Crippen LogP contribution is 2.44. The number of furan rings is 1. The van der Waals surface area contributed by atoms with Crippen molar-refractivity contribution in [2.45, 2.75) is 22.1 Å². The lowest BCUT2D eigenvalue weighted by molar-refractivity contribution is 0.383. The third-order valence-corrected chi connectivity index (χ3v) is 7.54. The molecular formula is C26H24N4O4S3. The molecule has 3 heterocycles. The Morgan fingerprint density at radius 1 is 1.08 bits per heavy atom. The van der Waals surface area contributed by atoms with E-state index in [-0.39, 0.29) is 12.1 Å². The summed E-state index contributed by atoms with van der Waals surface area (Å²) in [5, 5.41) is 4.59. The molecule has 0 spiro atoms. The topological polar surface area (TPSA) is 96.7 Å². The summed E-state index contributed by atoms with van der Waals surface area (Å²) < 4.78 is 38.2. The Morgan fingerprint density at radius 3 is 2.57 bits per heavy atom. The number of benzene rings is 2. The molecule has 11 heteroatoms. The van der Waals surface area contributed by atoms with Crippen LogP contribution in [0.4, 0.5) is 11.4 Å². The fourth-order valence-corrected chi connectivity index (χ4v) is 5.90. The summed E-state index contributed by atoms with van der Waals surface area (Å²) >= 11 is 7.30. The van der Waals surface area contributed by atoms with Gasteiger partial charge >= 0.3 is 0 Å². The molecule has 1 fully saturated rings. The average Bonchev–Trinajstić information content (AvgIpc) is 3.48. The number of nitrogens with one attached hydrogen (secondary N) is 2. The van der Waals surface area contributed by atoms with Gasteiger partial charge in [0, 0.05) is 16.8 Å². The van der Waals surface area contributed by atoms with Crippen LogP contribution in [-0.2, 0) is 10.0 Å². The minimum atomic E-state index is -3.54. The van der Waals surface area contributed by atoms with Crippen molar-refractivity contribution in [2.24, 2.45) is 0 Å². The van der Waals surface area contributed by atoms with E-state index in [9.17, 15) is 8.42 Å².